The van der Waals surface area contributed by atoms with E-state index in [-0.39, 0.29) is 24.3 Å². The van der Waals surface area contributed by atoms with Gasteiger partial charge in [0.2, 0.25) is 5.91 Å². The zero-order valence-electron chi connectivity index (χ0n) is 18.2. The number of benzene rings is 1. The van der Waals surface area contributed by atoms with Crippen molar-refractivity contribution >= 4 is 17.8 Å². The summed E-state index contributed by atoms with van der Waals surface area (Å²) in [5, 5.41) is 12.9. The van der Waals surface area contributed by atoms with E-state index in [0.29, 0.717) is 32.6 Å². The first-order valence-electron chi connectivity index (χ1n) is 11.0. The van der Waals surface area contributed by atoms with Gasteiger partial charge in [-0.1, -0.05) is 30.3 Å². The van der Waals surface area contributed by atoms with Crippen LogP contribution in [0, 0.1) is 11.8 Å². The molecule has 1 amide bonds. The number of aryl methyl sites for hydroxylation is 1. The molecule has 0 aliphatic carbocycles. The standard InChI is InChI=1S/C23H32N2O6/c1-3-31-23(29)19(10-9-16-7-5-4-6-8-16)24-15(2)21(26)25-13-17-11-12-30-14-18(17)20(25)22(27)28/h4-8,15,17-20,24H,3,9-14H2,1-2H3,(H,27,28)/t15?,17?,18?,19-,20-/m0/s1. The fourth-order valence-corrected chi connectivity index (χ4v) is 4.61. The third-order valence-electron chi connectivity index (χ3n) is 6.21. The summed E-state index contributed by atoms with van der Waals surface area (Å²) >= 11 is 0. The van der Waals surface area contributed by atoms with Gasteiger partial charge in [-0.25, -0.2) is 4.79 Å². The number of carboxylic acids is 1. The Hall–Kier alpha value is -2.45. The molecule has 0 saturated carbocycles. The van der Waals surface area contributed by atoms with Gasteiger partial charge in [-0.3, -0.25) is 14.9 Å². The van der Waals surface area contributed by atoms with Gasteiger partial charge in [-0.15, -0.1) is 0 Å². The molecule has 2 N–H and O–H groups in total. The topological polar surface area (TPSA) is 105 Å². The van der Waals surface area contributed by atoms with Crippen LogP contribution in [0.2, 0.25) is 0 Å². The molecule has 0 aromatic heterocycles. The van der Waals surface area contributed by atoms with Crippen molar-refractivity contribution in [3.63, 3.8) is 0 Å². The zero-order valence-corrected chi connectivity index (χ0v) is 18.2. The number of amides is 1. The molecule has 2 fully saturated rings. The first kappa shape index (κ1) is 23.2. The van der Waals surface area contributed by atoms with E-state index in [9.17, 15) is 19.5 Å². The number of fused-ring (bicyclic) bond motifs is 1. The lowest BCUT2D eigenvalue weighted by molar-refractivity contribution is -0.152. The van der Waals surface area contributed by atoms with Crippen molar-refractivity contribution in [2.45, 2.75) is 51.2 Å². The third kappa shape index (κ3) is 5.62. The molecule has 5 atom stereocenters. The molecule has 1 aromatic rings. The first-order chi connectivity index (χ1) is 14.9. The summed E-state index contributed by atoms with van der Waals surface area (Å²) in [6.07, 6.45) is 1.88. The average Bonchev–Trinajstić information content (AvgIpc) is 3.16. The van der Waals surface area contributed by atoms with E-state index in [4.69, 9.17) is 9.47 Å². The number of rotatable bonds is 9. The lowest BCUT2D eigenvalue weighted by atomic mass is 9.87. The number of carbonyl (C=O) groups excluding carboxylic acids is 2. The van der Waals surface area contributed by atoms with Crippen LogP contribution in [0.15, 0.2) is 30.3 Å². The number of nitrogens with zero attached hydrogens (tertiary/aromatic N) is 1. The summed E-state index contributed by atoms with van der Waals surface area (Å²) < 4.78 is 10.7. The molecule has 2 saturated heterocycles. The van der Waals surface area contributed by atoms with Crippen LogP contribution in [0.25, 0.3) is 0 Å². The van der Waals surface area contributed by atoms with Crippen LogP contribution >= 0.6 is 0 Å². The highest BCUT2D eigenvalue weighted by molar-refractivity contribution is 5.88. The van der Waals surface area contributed by atoms with Crippen LogP contribution < -0.4 is 5.32 Å². The van der Waals surface area contributed by atoms with Crippen LogP contribution in [0.1, 0.15) is 32.3 Å². The van der Waals surface area contributed by atoms with Gasteiger partial charge in [0, 0.05) is 19.1 Å². The molecular weight excluding hydrogens is 400 g/mol. The Balaban J connectivity index is 1.67. The largest absolute Gasteiger partial charge is 0.480 e. The van der Waals surface area contributed by atoms with Crippen LogP contribution in [-0.4, -0.2) is 72.3 Å². The highest BCUT2D eigenvalue weighted by Gasteiger charge is 2.49. The van der Waals surface area contributed by atoms with Crippen molar-refractivity contribution < 1.29 is 29.0 Å². The maximum atomic E-state index is 13.2. The lowest BCUT2D eigenvalue weighted by Gasteiger charge is -2.29. The molecular formula is C23H32N2O6. The number of aliphatic carboxylic acids is 1. The number of hydrogen-bond donors (Lipinski definition) is 2. The Morgan fingerprint density at radius 3 is 2.71 bits per heavy atom. The van der Waals surface area contributed by atoms with Crippen LogP contribution in [0.3, 0.4) is 0 Å². The molecule has 1 aromatic carbocycles. The molecule has 8 heteroatoms. The van der Waals surface area contributed by atoms with Crippen molar-refractivity contribution in [3.8, 4) is 0 Å². The number of hydrogen-bond acceptors (Lipinski definition) is 6. The van der Waals surface area contributed by atoms with Crippen molar-refractivity contribution in [2.75, 3.05) is 26.4 Å². The molecule has 2 heterocycles. The SMILES string of the molecule is CCOC(=O)[C@H](CCc1ccccc1)NC(C)C(=O)N1CC2CCOCC2[C@H]1C(=O)O. The average molecular weight is 433 g/mol. The smallest absolute Gasteiger partial charge is 0.326 e. The van der Waals surface area contributed by atoms with E-state index >= 15 is 0 Å². The van der Waals surface area contributed by atoms with Gasteiger partial charge < -0.3 is 19.5 Å². The summed E-state index contributed by atoms with van der Waals surface area (Å²) in [4.78, 5) is 39.1. The fourth-order valence-electron chi connectivity index (χ4n) is 4.61. The number of carbonyl (C=O) groups is 3. The zero-order chi connectivity index (χ0) is 22.4. The number of ether oxygens (including phenoxy) is 2. The first-order valence-corrected chi connectivity index (χ1v) is 11.0. The summed E-state index contributed by atoms with van der Waals surface area (Å²) in [6.45, 7) is 5.02. The normalized spacial score (nSPS) is 24.8. The highest BCUT2D eigenvalue weighted by Crippen LogP contribution is 2.35. The molecule has 3 rings (SSSR count). The lowest BCUT2D eigenvalue weighted by Crippen LogP contribution is -2.54. The van der Waals surface area contributed by atoms with E-state index in [2.05, 4.69) is 5.32 Å². The van der Waals surface area contributed by atoms with E-state index in [1.54, 1.807) is 13.8 Å². The van der Waals surface area contributed by atoms with Gasteiger partial charge in [0.05, 0.1) is 19.3 Å². The van der Waals surface area contributed by atoms with Crippen LogP contribution in [0.4, 0.5) is 0 Å². The van der Waals surface area contributed by atoms with Crippen LogP contribution in [0.5, 0.6) is 0 Å². The molecule has 8 nitrogen and oxygen atoms in total. The maximum absolute atomic E-state index is 13.2. The predicted molar refractivity (Wildman–Crippen MR) is 113 cm³/mol. The molecule has 0 radical (unpaired) electrons. The Morgan fingerprint density at radius 1 is 1.29 bits per heavy atom. The minimum Gasteiger partial charge on any atom is -0.480 e. The Morgan fingerprint density at radius 2 is 2.03 bits per heavy atom. The Kier molecular flexibility index (Phi) is 8.03. The maximum Gasteiger partial charge on any atom is 0.326 e. The van der Waals surface area contributed by atoms with Gasteiger partial charge in [0.1, 0.15) is 12.1 Å². The minimum atomic E-state index is -1.01. The Labute approximate surface area is 182 Å². The molecule has 2 aliphatic heterocycles. The second kappa shape index (κ2) is 10.7. The summed E-state index contributed by atoms with van der Waals surface area (Å²) in [5.41, 5.74) is 1.09. The summed E-state index contributed by atoms with van der Waals surface area (Å²) in [6, 6.07) is 7.53. The summed E-state index contributed by atoms with van der Waals surface area (Å²) in [7, 11) is 0. The van der Waals surface area contributed by atoms with E-state index in [0.717, 1.165) is 12.0 Å². The second-order valence-corrected chi connectivity index (χ2v) is 8.28. The van der Waals surface area contributed by atoms with Crippen LogP contribution in [-0.2, 0) is 30.3 Å². The summed E-state index contributed by atoms with van der Waals surface area (Å²) in [5.74, 6) is -1.79. The monoisotopic (exact) mass is 432 g/mol. The molecule has 0 bridgehead atoms. The van der Waals surface area contributed by atoms with Crippen molar-refractivity contribution in [2.24, 2.45) is 11.8 Å². The number of nitrogens with one attached hydrogen (secondary N) is 1. The van der Waals surface area contributed by atoms with Crippen molar-refractivity contribution in [1.82, 2.24) is 10.2 Å². The number of esters is 1. The van der Waals surface area contributed by atoms with Gasteiger partial charge in [-0.05, 0) is 44.6 Å². The number of likely N-dealkylation sites (tertiary alicyclic amines) is 1. The minimum absolute atomic E-state index is 0.130. The molecule has 0 spiro atoms. The van der Waals surface area contributed by atoms with Crippen molar-refractivity contribution in [3.05, 3.63) is 35.9 Å². The second-order valence-electron chi connectivity index (χ2n) is 8.28. The molecule has 3 unspecified atom stereocenters. The number of carboxylic acid groups (broad SMARTS) is 1. The third-order valence-corrected chi connectivity index (χ3v) is 6.21. The predicted octanol–water partition coefficient (Wildman–Crippen LogP) is 1.48. The Bertz CT molecular complexity index is 771. The molecule has 31 heavy (non-hydrogen) atoms. The molecule has 170 valence electrons. The van der Waals surface area contributed by atoms with Gasteiger partial charge in [0.25, 0.3) is 0 Å². The van der Waals surface area contributed by atoms with Crippen molar-refractivity contribution in [1.29, 1.82) is 0 Å². The van der Waals surface area contributed by atoms with Gasteiger partial charge in [-0.2, -0.15) is 0 Å². The quantitative estimate of drug-likeness (QED) is 0.570. The fraction of sp³-hybridized carbons (Fsp3) is 0.609. The van der Waals surface area contributed by atoms with E-state index < -0.39 is 30.1 Å². The van der Waals surface area contributed by atoms with E-state index in [1.165, 1.54) is 4.90 Å². The molecule has 2 aliphatic rings. The van der Waals surface area contributed by atoms with Gasteiger partial charge in [0.15, 0.2) is 0 Å². The van der Waals surface area contributed by atoms with Gasteiger partial charge >= 0.3 is 11.9 Å². The highest BCUT2D eigenvalue weighted by atomic mass is 16.5. The van der Waals surface area contributed by atoms with E-state index in [1.807, 2.05) is 30.3 Å².